The molecule has 0 aliphatic rings. The average Bonchev–Trinajstić information content (AvgIpc) is 2.41. The molecule has 2 rings (SSSR count). The van der Waals surface area contributed by atoms with Gasteiger partial charge in [0.25, 0.3) is 0 Å². The smallest absolute Gasteiger partial charge is 0.358 e. The van der Waals surface area contributed by atoms with Gasteiger partial charge in [-0.15, -0.1) is 0 Å². The van der Waals surface area contributed by atoms with E-state index in [4.69, 9.17) is 27.9 Å². The van der Waals surface area contributed by atoms with Crippen LogP contribution in [0.2, 0.25) is 10.0 Å². The lowest BCUT2D eigenvalue weighted by atomic mass is 10.2. The summed E-state index contributed by atoms with van der Waals surface area (Å²) in [6, 6.07) is 5.13. The molecule has 0 radical (unpaired) electrons. The van der Waals surface area contributed by atoms with E-state index in [1.807, 2.05) is 0 Å². The van der Waals surface area contributed by atoms with E-state index in [9.17, 15) is 4.79 Å². The molecule has 0 N–H and O–H groups in total. The van der Waals surface area contributed by atoms with E-state index >= 15 is 0 Å². The summed E-state index contributed by atoms with van der Waals surface area (Å²) in [4.78, 5) is 19.2. The Morgan fingerprint density at radius 3 is 2.83 bits per heavy atom. The Balaban J connectivity index is 2.04. The predicted octanol–water partition coefficient (Wildman–Crippen LogP) is 3.14. The van der Waals surface area contributed by atoms with Gasteiger partial charge < -0.3 is 4.74 Å². The van der Waals surface area contributed by atoms with Crippen molar-refractivity contribution < 1.29 is 9.53 Å². The van der Waals surface area contributed by atoms with Gasteiger partial charge in [-0.25, -0.2) is 9.78 Å². The molecule has 18 heavy (non-hydrogen) atoms. The number of carbonyl (C=O) groups is 1. The normalized spacial score (nSPS) is 10.1. The molecule has 1 heterocycles. The van der Waals surface area contributed by atoms with Crippen LogP contribution in [-0.4, -0.2) is 15.9 Å². The fourth-order valence-electron chi connectivity index (χ4n) is 1.28. The number of aromatic nitrogens is 2. The van der Waals surface area contributed by atoms with Crippen molar-refractivity contribution in [1.29, 1.82) is 0 Å². The van der Waals surface area contributed by atoms with Gasteiger partial charge in [-0.05, 0) is 6.07 Å². The molecule has 0 atom stereocenters. The maximum atomic E-state index is 11.6. The summed E-state index contributed by atoms with van der Waals surface area (Å²) >= 11 is 11.8. The first-order valence-electron chi connectivity index (χ1n) is 5.04. The zero-order chi connectivity index (χ0) is 13.0. The van der Waals surface area contributed by atoms with E-state index in [0.717, 1.165) is 0 Å². The minimum atomic E-state index is -0.556. The quantitative estimate of drug-likeness (QED) is 0.812. The van der Waals surface area contributed by atoms with Crippen LogP contribution >= 0.6 is 23.2 Å². The van der Waals surface area contributed by atoms with Crippen molar-refractivity contribution in [3.63, 3.8) is 0 Å². The van der Waals surface area contributed by atoms with Gasteiger partial charge in [0.2, 0.25) is 0 Å². The Bertz CT molecular complexity index is 561. The third-order valence-corrected chi connectivity index (χ3v) is 3.02. The molecule has 0 unspecified atom stereocenters. The van der Waals surface area contributed by atoms with Crippen LogP contribution in [0.5, 0.6) is 0 Å². The number of carbonyl (C=O) groups excluding carboxylic acids is 1. The second-order valence-electron chi connectivity index (χ2n) is 3.38. The van der Waals surface area contributed by atoms with Gasteiger partial charge >= 0.3 is 5.97 Å². The highest BCUT2D eigenvalue weighted by Gasteiger charge is 2.11. The molecule has 0 bridgehead atoms. The Morgan fingerprint density at radius 2 is 2.11 bits per heavy atom. The Hall–Kier alpha value is -1.65. The Labute approximate surface area is 114 Å². The van der Waals surface area contributed by atoms with Crippen molar-refractivity contribution in [2.45, 2.75) is 6.61 Å². The highest BCUT2D eigenvalue weighted by Crippen LogP contribution is 2.26. The van der Waals surface area contributed by atoms with Gasteiger partial charge in [-0.3, -0.25) is 4.98 Å². The summed E-state index contributed by atoms with van der Waals surface area (Å²) < 4.78 is 5.07. The third-order valence-electron chi connectivity index (χ3n) is 2.16. The van der Waals surface area contributed by atoms with Crippen molar-refractivity contribution in [3.8, 4) is 0 Å². The molecule has 6 heteroatoms. The van der Waals surface area contributed by atoms with Crippen molar-refractivity contribution in [1.82, 2.24) is 9.97 Å². The predicted molar refractivity (Wildman–Crippen MR) is 67.6 cm³/mol. The highest BCUT2D eigenvalue weighted by atomic mass is 35.5. The van der Waals surface area contributed by atoms with Gasteiger partial charge in [0.05, 0.1) is 16.2 Å². The molecule has 92 valence electrons. The summed E-state index contributed by atoms with van der Waals surface area (Å²) in [6.45, 7) is 0.0365. The Morgan fingerprint density at radius 1 is 1.28 bits per heavy atom. The van der Waals surface area contributed by atoms with Gasteiger partial charge in [0.1, 0.15) is 6.61 Å². The standard InChI is InChI=1S/C12H8Cl2N2O2/c13-9-3-1-2-8(11(9)14)7-18-12(17)10-6-15-4-5-16-10/h1-6H,7H2. The minimum absolute atomic E-state index is 0.0365. The molecule has 0 aliphatic heterocycles. The van der Waals surface area contributed by atoms with Crippen LogP contribution < -0.4 is 0 Å². The lowest BCUT2D eigenvalue weighted by Crippen LogP contribution is -2.07. The van der Waals surface area contributed by atoms with E-state index < -0.39 is 5.97 Å². The molecule has 1 aromatic heterocycles. The van der Waals surface area contributed by atoms with Crippen LogP contribution in [0.15, 0.2) is 36.8 Å². The van der Waals surface area contributed by atoms with Crippen LogP contribution in [0.1, 0.15) is 16.1 Å². The number of benzene rings is 1. The zero-order valence-electron chi connectivity index (χ0n) is 9.14. The maximum absolute atomic E-state index is 11.6. The lowest BCUT2D eigenvalue weighted by Gasteiger charge is -2.06. The molecule has 0 aliphatic carbocycles. The van der Waals surface area contributed by atoms with Crippen LogP contribution in [0, 0.1) is 0 Å². The van der Waals surface area contributed by atoms with Crippen LogP contribution in [-0.2, 0) is 11.3 Å². The summed E-state index contributed by atoms with van der Waals surface area (Å²) in [6.07, 6.45) is 4.23. The maximum Gasteiger partial charge on any atom is 0.358 e. The van der Waals surface area contributed by atoms with E-state index in [1.54, 1.807) is 18.2 Å². The lowest BCUT2D eigenvalue weighted by molar-refractivity contribution is 0.0465. The SMILES string of the molecule is O=C(OCc1cccc(Cl)c1Cl)c1cnccn1. The summed E-state index contributed by atoms with van der Waals surface area (Å²) in [5, 5.41) is 0.802. The minimum Gasteiger partial charge on any atom is -0.456 e. The first-order chi connectivity index (χ1) is 8.68. The molecule has 1 aromatic carbocycles. The van der Waals surface area contributed by atoms with Crippen molar-refractivity contribution >= 4 is 29.2 Å². The second-order valence-corrected chi connectivity index (χ2v) is 4.16. The van der Waals surface area contributed by atoms with Gasteiger partial charge in [0, 0.05) is 18.0 Å². The second kappa shape index (κ2) is 5.80. The number of esters is 1. The van der Waals surface area contributed by atoms with Crippen molar-refractivity contribution in [2.24, 2.45) is 0 Å². The van der Waals surface area contributed by atoms with Crippen molar-refractivity contribution in [2.75, 3.05) is 0 Å². The summed E-state index contributed by atoms with van der Waals surface area (Å²) in [7, 11) is 0. The number of rotatable bonds is 3. The molecule has 4 nitrogen and oxygen atoms in total. The Kier molecular flexibility index (Phi) is 4.12. The summed E-state index contributed by atoms with van der Waals surface area (Å²) in [5.41, 5.74) is 0.789. The summed E-state index contributed by atoms with van der Waals surface area (Å²) in [5.74, 6) is -0.556. The first-order valence-corrected chi connectivity index (χ1v) is 5.80. The molecule has 0 amide bonds. The molecule has 0 saturated heterocycles. The third kappa shape index (κ3) is 2.97. The molecule has 0 fully saturated rings. The number of halogens is 2. The average molecular weight is 283 g/mol. The van der Waals surface area contributed by atoms with E-state index in [1.165, 1.54) is 18.6 Å². The fourth-order valence-corrected chi connectivity index (χ4v) is 1.66. The van der Waals surface area contributed by atoms with E-state index in [2.05, 4.69) is 9.97 Å². The number of hydrogen-bond donors (Lipinski definition) is 0. The van der Waals surface area contributed by atoms with E-state index in [0.29, 0.717) is 15.6 Å². The van der Waals surface area contributed by atoms with Crippen LogP contribution in [0.25, 0.3) is 0 Å². The van der Waals surface area contributed by atoms with Gasteiger partial charge in [-0.2, -0.15) is 0 Å². The molecular weight excluding hydrogens is 275 g/mol. The molecule has 0 spiro atoms. The van der Waals surface area contributed by atoms with Gasteiger partial charge in [-0.1, -0.05) is 35.3 Å². The zero-order valence-corrected chi connectivity index (χ0v) is 10.6. The number of ether oxygens (including phenoxy) is 1. The van der Waals surface area contributed by atoms with Crippen molar-refractivity contribution in [3.05, 3.63) is 58.1 Å². The monoisotopic (exact) mass is 282 g/mol. The molecular formula is C12H8Cl2N2O2. The number of nitrogens with zero attached hydrogens (tertiary/aromatic N) is 2. The molecule has 0 saturated carbocycles. The molecule has 2 aromatic rings. The van der Waals surface area contributed by atoms with Crippen LogP contribution in [0.3, 0.4) is 0 Å². The largest absolute Gasteiger partial charge is 0.456 e. The van der Waals surface area contributed by atoms with E-state index in [-0.39, 0.29) is 12.3 Å². The highest BCUT2D eigenvalue weighted by molar-refractivity contribution is 6.42. The fraction of sp³-hybridized carbons (Fsp3) is 0.0833. The van der Waals surface area contributed by atoms with Crippen LogP contribution in [0.4, 0.5) is 0 Å². The first kappa shape index (κ1) is 12.8. The topological polar surface area (TPSA) is 52.1 Å². The number of hydrogen-bond acceptors (Lipinski definition) is 4. The van der Waals surface area contributed by atoms with Gasteiger partial charge in [0.15, 0.2) is 5.69 Å².